The minimum Gasteiger partial charge on any atom is -0.495 e. The number of nitrogens with zero attached hydrogens (tertiary/aromatic N) is 2. The van der Waals surface area contributed by atoms with Crippen LogP contribution in [0.3, 0.4) is 0 Å². The molecule has 2 fully saturated rings. The number of rotatable bonds is 9. The summed E-state index contributed by atoms with van der Waals surface area (Å²) in [7, 11) is 6.06. The molecular weight excluding hydrogens is 762 g/mol. The van der Waals surface area contributed by atoms with Crippen molar-refractivity contribution in [1.29, 1.82) is 0 Å². The van der Waals surface area contributed by atoms with Gasteiger partial charge in [-0.05, 0) is 56.7 Å². The molecule has 1 aromatic rings. The summed E-state index contributed by atoms with van der Waals surface area (Å²) in [6.07, 6.45) is 1.66. The van der Waals surface area contributed by atoms with Gasteiger partial charge in [0.1, 0.15) is 40.7 Å². The fraction of sp³-hybridized carbons (Fsp3) is 0.659. The molecule has 2 N–H and O–H groups in total. The van der Waals surface area contributed by atoms with Crippen molar-refractivity contribution in [3.8, 4) is 5.75 Å². The number of halogens is 1. The first-order valence-electron chi connectivity index (χ1n) is 19.0. The number of carbonyl (C=O) groups excluding carboxylic acids is 4. The van der Waals surface area contributed by atoms with Crippen molar-refractivity contribution in [2.75, 3.05) is 33.2 Å². The molecule has 3 aliphatic heterocycles. The first-order valence-corrected chi connectivity index (χ1v) is 19.8. The van der Waals surface area contributed by atoms with E-state index in [1.165, 1.54) is 24.0 Å². The molecule has 3 aliphatic rings. The van der Waals surface area contributed by atoms with Crippen LogP contribution in [-0.2, 0) is 39.8 Å². The fourth-order valence-corrected chi connectivity index (χ4v) is 7.54. The molecule has 312 valence electrons. The second-order valence-corrected chi connectivity index (χ2v) is 18.3. The minimum absolute atomic E-state index is 0.0528. The van der Waals surface area contributed by atoms with E-state index in [1.807, 2.05) is 40.7 Å². The first kappa shape index (κ1) is 45.4. The highest BCUT2D eigenvalue weighted by Crippen LogP contribution is 2.49. The Labute approximate surface area is 341 Å². The Morgan fingerprint density at radius 2 is 1.88 bits per heavy atom. The Hall–Kier alpha value is -3.30. The van der Waals surface area contributed by atoms with Gasteiger partial charge < -0.3 is 38.6 Å². The number of nitrogens with one attached hydrogen (secondary N) is 1. The zero-order chi connectivity index (χ0) is 42.1. The van der Waals surface area contributed by atoms with E-state index in [0.29, 0.717) is 24.3 Å². The van der Waals surface area contributed by atoms with Crippen LogP contribution in [0.2, 0.25) is 5.02 Å². The van der Waals surface area contributed by atoms with Crippen LogP contribution in [0.15, 0.2) is 35.9 Å². The number of thiol groups is 1. The molecule has 8 atom stereocenters. The number of anilines is 1. The summed E-state index contributed by atoms with van der Waals surface area (Å²) in [5, 5.41) is 14.5. The van der Waals surface area contributed by atoms with Gasteiger partial charge in [-0.25, -0.2) is 9.59 Å². The second-order valence-electron chi connectivity index (χ2n) is 16.8. The predicted molar refractivity (Wildman–Crippen MR) is 217 cm³/mol. The Morgan fingerprint density at radius 3 is 2.48 bits per heavy atom. The monoisotopic (exact) mass is 821 g/mol. The second kappa shape index (κ2) is 17.3. The van der Waals surface area contributed by atoms with E-state index in [9.17, 15) is 24.3 Å². The third kappa shape index (κ3) is 9.86. The molecule has 3 heterocycles. The van der Waals surface area contributed by atoms with Gasteiger partial charge in [0.15, 0.2) is 5.72 Å². The van der Waals surface area contributed by atoms with E-state index in [4.69, 9.17) is 47.9 Å². The smallest absolute Gasteiger partial charge is 0.409 e. The van der Waals surface area contributed by atoms with Gasteiger partial charge >= 0.3 is 12.1 Å². The van der Waals surface area contributed by atoms with Crippen molar-refractivity contribution in [3.05, 3.63) is 46.5 Å². The molecule has 3 amide bonds. The van der Waals surface area contributed by atoms with Gasteiger partial charge in [0.2, 0.25) is 11.8 Å². The minimum atomic E-state index is -1.83. The summed E-state index contributed by atoms with van der Waals surface area (Å²) < 4.78 is 29.0. The normalized spacial score (nSPS) is 30.8. The maximum atomic E-state index is 14.2. The van der Waals surface area contributed by atoms with Crippen molar-refractivity contribution in [3.63, 3.8) is 0 Å². The van der Waals surface area contributed by atoms with Crippen LogP contribution in [0, 0.1) is 11.3 Å². The number of alkyl carbamates (subject to hydrolysis) is 1. The van der Waals surface area contributed by atoms with Crippen LogP contribution in [-0.4, -0.2) is 109 Å². The lowest BCUT2D eigenvalue weighted by molar-refractivity contribution is -0.162. The molecule has 4 rings (SSSR count). The Morgan fingerprint density at radius 1 is 1.21 bits per heavy atom. The van der Waals surface area contributed by atoms with Crippen molar-refractivity contribution in [1.82, 2.24) is 10.2 Å². The standard InChI is InChI=1S/C41H60ClN3O10S/c1-23-14-13-15-30(52-12)41(50)22-29(53-37(49)43-41)24(2)35-40(8,55-35)31(21-33(47)45(10)27-19-26(18-23)20-28(51-11)34(27)42)54-36(48)25(3)44(9)32(46)16-17-38(4,5)39(6,7)56/h13-15,19-20,24-25,29-31,35,50,56H,16-18,21-22H2,1-12H3,(H,43,49)/b15-13+,23-14+/t24-,25+,29+,30-,31+,35+,40+,41+/m1/s1. The summed E-state index contributed by atoms with van der Waals surface area (Å²) in [5.41, 5.74) is -1.20. The zero-order valence-corrected chi connectivity index (χ0v) is 36.4. The fourth-order valence-electron chi connectivity index (χ4n) is 7.12. The van der Waals surface area contributed by atoms with Gasteiger partial charge in [-0.3, -0.25) is 14.9 Å². The molecule has 0 saturated carbocycles. The molecule has 2 saturated heterocycles. The van der Waals surface area contributed by atoms with E-state index in [-0.39, 0.29) is 40.4 Å². The van der Waals surface area contributed by atoms with Crippen LogP contribution in [0.25, 0.3) is 0 Å². The van der Waals surface area contributed by atoms with E-state index in [2.05, 4.69) is 5.32 Å². The summed E-state index contributed by atoms with van der Waals surface area (Å²) in [5.74, 6) is -1.56. The molecule has 0 unspecified atom stereocenters. The number of hydrogen-bond acceptors (Lipinski definition) is 11. The number of esters is 1. The largest absolute Gasteiger partial charge is 0.495 e. The highest BCUT2D eigenvalue weighted by Gasteiger charge is 2.64. The number of hydrogen-bond donors (Lipinski definition) is 3. The predicted octanol–water partition coefficient (Wildman–Crippen LogP) is 6.03. The number of allylic oxidation sites excluding steroid dienone is 3. The number of methoxy groups -OCH3 is 2. The zero-order valence-electron chi connectivity index (χ0n) is 34.7. The third-order valence-electron chi connectivity index (χ3n) is 12.1. The molecule has 0 spiro atoms. The number of amides is 3. The maximum absolute atomic E-state index is 14.2. The van der Waals surface area contributed by atoms with Gasteiger partial charge in [-0.1, -0.05) is 70.0 Å². The Balaban J connectivity index is 1.71. The number of ether oxygens (including phenoxy) is 5. The topological polar surface area (TPSA) is 156 Å². The van der Waals surface area contributed by atoms with Crippen LogP contribution >= 0.6 is 24.2 Å². The summed E-state index contributed by atoms with van der Waals surface area (Å²) in [4.78, 5) is 57.1. The summed E-state index contributed by atoms with van der Waals surface area (Å²) in [6, 6.07) is 2.60. The lowest BCUT2D eigenvalue weighted by Crippen LogP contribution is -2.63. The van der Waals surface area contributed by atoms with Gasteiger partial charge in [-0.15, -0.1) is 0 Å². The first-order chi connectivity index (χ1) is 25.9. The van der Waals surface area contributed by atoms with Crippen LogP contribution in [0.1, 0.15) is 86.6 Å². The van der Waals surface area contributed by atoms with E-state index >= 15 is 0 Å². The summed E-state index contributed by atoms with van der Waals surface area (Å²) >= 11 is 11.5. The number of aliphatic hydroxyl groups is 1. The van der Waals surface area contributed by atoms with Crippen LogP contribution in [0.4, 0.5) is 10.5 Å². The van der Waals surface area contributed by atoms with Gasteiger partial charge in [0.25, 0.3) is 0 Å². The average molecular weight is 822 g/mol. The SMILES string of the molecule is COc1cc2cc(c1Cl)N(C)C(=O)C[C@H](OC(=O)[C@H](C)N(C)C(=O)CCC(C)(C)C(C)(C)S)[C@]1(C)O[C@H]1[C@H](C)[C@@H]1C[C@@](O)(NC(=O)O1)[C@H](OC)/C=C/C=C(\C)C2. The number of epoxide rings is 1. The van der Waals surface area contributed by atoms with Crippen molar-refractivity contribution >= 4 is 53.8 Å². The van der Waals surface area contributed by atoms with E-state index < -0.39 is 65.7 Å². The highest BCUT2D eigenvalue weighted by molar-refractivity contribution is 7.81. The quantitative estimate of drug-likeness (QED) is 0.153. The van der Waals surface area contributed by atoms with Crippen LogP contribution in [0.5, 0.6) is 5.75 Å². The van der Waals surface area contributed by atoms with Crippen molar-refractivity contribution in [2.24, 2.45) is 11.3 Å². The average Bonchev–Trinajstić information content (AvgIpc) is 3.82. The number of benzene rings is 1. The number of carbonyl (C=O) groups is 4. The van der Waals surface area contributed by atoms with Crippen LogP contribution < -0.4 is 15.0 Å². The number of fused-ring (bicyclic) bond motifs is 5. The third-order valence-corrected chi connectivity index (χ3v) is 13.1. The molecule has 56 heavy (non-hydrogen) atoms. The lowest BCUT2D eigenvalue weighted by Gasteiger charge is -2.42. The lowest BCUT2D eigenvalue weighted by atomic mass is 9.76. The summed E-state index contributed by atoms with van der Waals surface area (Å²) in [6.45, 7) is 15.1. The molecule has 0 aromatic heterocycles. The molecule has 4 bridgehead atoms. The van der Waals surface area contributed by atoms with Gasteiger partial charge in [0, 0.05) is 44.7 Å². The molecule has 0 radical (unpaired) electrons. The van der Waals surface area contributed by atoms with Gasteiger partial charge in [-0.2, -0.15) is 12.6 Å². The molecular formula is C41H60ClN3O10S. The Bertz CT molecular complexity index is 1730. The van der Waals surface area contributed by atoms with E-state index in [0.717, 1.165) is 11.1 Å². The molecule has 0 aliphatic carbocycles. The highest BCUT2D eigenvalue weighted by atomic mass is 35.5. The number of likely N-dealkylation sites (N-methyl/N-ethyl adjacent to an activating group) is 1. The van der Waals surface area contributed by atoms with Crippen molar-refractivity contribution in [2.45, 2.75) is 134 Å². The Kier molecular flexibility index (Phi) is 14.0. The van der Waals surface area contributed by atoms with Crippen molar-refractivity contribution < 1.29 is 48.0 Å². The molecule has 1 aromatic carbocycles. The van der Waals surface area contributed by atoms with E-state index in [1.54, 1.807) is 59.2 Å². The molecule has 15 heteroatoms. The molecule has 13 nitrogen and oxygen atoms in total. The maximum Gasteiger partial charge on any atom is 0.409 e. The van der Waals surface area contributed by atoms with Gasteiger partial charge in [0.05, 0.1) is 25.3 Å².